The number of benzene rings is 1. The maximum Gasteiger partial charge on any atom is 0.326 e. The summed E-state index contributed by atoms with van der Waals surface area (Å²) in [7, 11) is 0. The molecule has 0 spiro atoms. The van der Waals surface area contributed by atoms with Gasteiger partial charge in [-0.05, 0) is 19.1 Å². The van der Waals surface area contributed by atoms with E-state index in [0.29, 0.717) is 5.56 Å². The average Bonchev–Trinajstić information content (AvgIpc) is 2.44. The number of alkyl halides is 2. The number of amides is 1. The lowest BCUT2D eigenvalue weighted by molar-refractivity contribution is -0.143. The molecule has 0 fully saturated rings. The van der Waals surface area contributed by atoms with E-state index in [1.807, 2.05) is 5.32 Å². The first-order valence-corrected chi connectivity index (χ1v) is 6.33. The highest BCUT2D eigenvalue weighted by Crippen LogP contribution is 2.13. The van der Waals surface area contributed by atoms with Gasteiger partial charge in [0.05, 0.1) is 0 Å². The molecule has 0 saturated carbocycles. The molecule has 0 bridgehead atoms. The van der Waals surface area contributed by atoms with Crippen LogP contribution in [0.1, 0.15) is 23.7 Å². The second kappa shape index (κ2) is 8.06. The predicted molar refractivity (Wildman–Crippen MR) is 72.1 cm³/mol. The van der Waals surface area contributed by atoms with Crippen molar-refractivity contribution in [2.75, 3.05) is 6.61 Å². The SMILES string of the molecule is CC(=O)c1cccc(OCC(=O)NC(CC(F)F)C(=O)O)c1. The number of Topliss-reactive ketones (excluding diaryl/α,β-unsaturated/α-hetero) is 1. The van der Waals surface area contributed by atoms with Crippen LogP contribution in [0.2, 0.25) is 0 Å². The molecule has 0 radical (unpaired) electrons. The fourth-order valence-corrected chi connectivity index (χ4v) is 1.59. The van der Waals surface area contributed by atoms with Gasteiger partial charge in [-0.15, -0.1) is 0 Å². The summed E-state index contributed by atoms with van der Waals surface area (Å²) in [4.78, 5) is 33.4. The van der Waals surface area contributed by atoms with Gasteiger partial charge in [0.2, 0.25) is 6.43 Å². The summed E-state index contributed by atoms with van der Waals surface area (Å²) in [5.41, 5.74) is 0.388. The van der Waals surface area contributed by atoms with Crippen molar-refractivity contribution in [1.82, 2.24) is 5.32 Å². The Morgan fingerprint density at radius 3 is 2.55 bits per heavy atom. The summed E-state index contributed by atoms with van der Waals surface area (Å²) in [5.74, 6) is -2.34. The van der Waals surface area contributed by atoms with Crippen molar-refractivity contribution >= 4 is 17.7 Å². The Balaban J connectivity index is 2.56. The van der Waals surface area contributed by atoms with Crippen LogP contribution in [0.25, 0.3) is 0 Å². The van der Waals surface area contributed by atoms with Gasteiger partial charge in [0.25, 0.3) is 5.91 Å². The van der Waals surface area contributed by atoms with Crippen LogP contribution in [0, 0.1) is 0 Å². The lowest BCUT2D eigenvalue weighted by Crippen LogP contribution is -2.44. The van der Waals surface area contributed by atoms with Gasteiger partial charge in [-0.1, -0.05) is 12.1 Å². The normalized spacial score (nSPS) is 11.8. The van der Waals surface area contributed by atoms with Crippen molar-refractivity contribution in [3.63, 3.8) is 0 Å². The third-order valence-electron chi connectivity index (χ3n) is 2.66. The predicted octanol–water partition coefficient (Wildman–Crippen LogP) is 1.49. The number of carboxylic acids is 1. The molecular weight excluding hydrogens is 300 g/mol. The van der Waals surface area contributed by atoms with E-state index in [0.717, 1.165) is 0 Å². The number of aliphatic carboxylic acids is 1. The minimum absolute atomic E-state index is 0.183. The first-order valence-electron chi connectivity index (χ1n) is 6.33. The number of ether oxygens (including phenoxy) is 1. The number of hydrogen-bond acceptors (Lipinski definition) is 4. The molecule has 1 aromatic rings. The van der Waals surface area contributed by atoms with E-state index in [9.17, 15) is 23.2 Å². The lowest BCUT2D eigenvalue weighted by Gasteiger charge is -2.14. The summed E-state index contributed by atoms with van der Waals surface area (Å²) in [6.07, 6.45) is -3.84. The first-order chi connectivity index (χ1) is 10.3. The summed E-state index contributed by atoms with van der Waals surface area (Å²) < 4.78 is 29.5. The molecule has 8 heteroatoms. The van der Waals surface area contributed by atoms with Crippen LogP contribution >= 0.6 is 0 Å². The molecule has 0 aliphatic rings. The van der Waals surface area contributed by atoms with Crippen molar-refractivity contribution in [3.8, 4) is 5.75 Å². The van der Waals surface area contributed by atoms with Gasteiger partial charge in [0, 0.05) is 12.0 Å². The third-order valence-corrected chi connectivity index (χ3v) is 2.66. The van der Waals surface area contributed by atoms with Crippen LogP contribution in [-0.4, -0.2) is 41.8 Å². The van der Waals surface area contributed by atoms with E-state index in [2.05, 4.69) is 0 Å². The number of ketones is 1. The molecule has 1 atom stereocenters. The maximum atomic E-state index is 12.2. The molecule has 0 aliphatic carbocycles. The third kappa shape index (κ3) is 5.86. The van der Waals surface area contributed by atoms with Gasteiger partial charge in [-0.2, -0.15) is 0 Å². The second-order valence-electron chi connectivity index (χ2n) is 4.46. The molecule has 1 rings (SSSR count). The van der Waals surface area contributed by atoms with Gasteiger partial charge in [0.15, 0.2) is 12.4 Å². The number of nitrogens with one attached hydrogen (secondary N) is 1. The number of carbonyl (C=O) groups excluding carboxylic acids is 2. The molecule has 1 aromatic carbocycles. The van der Waals surface area contributed by atoms with E-state index < -0.39 is 37.4 Å². The average molecular weight is 315 g/mol. The first kappa shape index (κ1) is 17.5. The molecule has 1 unspecified atom stereocenters. The van der Waals surface area contributed by atoms with Gasteiger partial charge in [-0.25, -0.2) is 13.6 Å². The molecule has 2 N–H and O–H groups in total. The maximum absolute atomic E-state index is 12.2. The van der Waals surface area contributed by atoms with E-state index in [-0.39, 0.29) is 11.5 Å². The van der Waals surface area contributed by atoms with Crippen LogP contribution in [0.5, 0.6) is 5.75 Å². The van der Waals surface area contributed by atoms with E-state index >= 15 is 0 Å². The minimum atomic E-state index is -2.85. The molecule has 1 amide bonds. The number of hydrogen-bond donors (Lipinski definition) is 2. The fraction of sp³-hybridized carbons (Fsp3) is 0.357. The largest absolute Gasteiger partial charge is 0.484 e. The molecule has 0 saturated heterocycles. The molecule has 22 heavy (non-hydrogen) atoms. The Morgan fingerprint density at radius 1 is 1.32 bits per heavy atom. The quantitative estimate of drug-likeness (QED) is 0.709. The number of carbonyl (C=O) groups is 3. The molecular formula is C14H15F2NO5. The van der Waals surface area contributed by atoms with Crippen LogP contribution in [0.4, 0.5) is 8.78 Å². The second-order valence-corrected chi connectivity index (χ2v) is 4.46. The molecule has 120 valence electrons. The highest BCUT2D eigenvalue weighted by molar-refractivity contribution is 5.94. The van der Waals surface area contributed by atoms with Crippen molar-refractivity contribution in [3.05, 3.63) is 29.8 Å². The van der Waals surface area contributed by atoms with Crippen molar-refractivity contribution in [1.29, 1.82) is 0 Å². The van der Waals surface area contributed by atoms with Crippen molar-refractivity contribution < 1.29 is 33.0 Å². The number of halogens is 2. The molecule has 0 aliphatic heterocycles. The van der Waals surface area contributed by atoms with Gasteiger partial charge in [-0.3, -0.25) is 9.59 Å². The van der Waals surface area contributed by atoms with Gasteiger partial charge in [0.1, 0.15) is 11.8 Å². The molecule has 6 nitrogen and oxygen atoms in total. The van der Waals surface area contributed by atoms with Crippen molar-refractivity contribution in [2.24, 2.45) is 0 Å². The number of carboxylic acid groups (broad SMARTS) is 1. The summed E-state index contributed by atoms with van der Waals surface area (Å²) >= 11 is 0. The Hall–Kier alpha value is -2.51. The Labute approximate surface area is 125 Å². The zero-order valence-corrected chi connectivity index (χ0v) is 11.7. The van der Waals surface area contributed by atoms with Crippen LogP contribution in [-0.2, 0) is 9.59 Å². The van der Waals surface area contributed by atoms with Crippen LogP contribution < -0.4 is 10.1 Å². The van der Waals surface area contributed by atoms with E-state index in [4.69, 9.17) is 9.84 Å². The van der Waals surface area contributed by atoms with Crippen LogP contribution in [0.15, 0.2) is 24.3 Å². The van der Waals surface area contributed by atoms with Crippen LogP contribution in [0.3, 0.4) is 0 Å². The summed E-state index contributed by atoms with van der Waals surface area (Å²) in [6, 6.07) is 4.37. The summed E-state index contributed by atoms with van der Waals surface area (Å²) in [6.45, 7) is 0.821. The Kier molecular flexibility index (Phi) is 6.43. The fourth-order valence-electron chi connectivity index (χ4n) is 1.59. The molecule has 0 aromatic heterocycles. The standard InChI is InChI=1S/C14H15F2NO5/c1-8(18)9-3-2-4-10(5-9)22-7-13(19)17-11(14(20)21)6-12(15)16/h2-5,11-12H,6-7H2,1H3,(H,17,19)(H,20,21). The van der Waals surface area contributed by atoms with Gasteiger partial charge >= 0.3 is 5.97 Å². The molecule has 0 heterocycles. The van der Waals surface area contributed by atoms with E-state index in [1.165, 1.54) is 19.1 Å². The zero-order chi connectivity index (χ0) is 16.7. The smallest absolute Gasteiger partial charge is 0.326 e. The Morgan fingerprint density at radius 2 is 2.00 bits per heavy atom. The monoisotopic (exact) mass is 315 g/mol. The summed E-state index contributed by atoms with van der Waals surface area (Å²) in [5, 5.41) is 10.7. The highest BCUT2D eigenvalue weighted by atomic mass is 19.3. The number of rotatable bonds is 8. The lowest BCUT2D eigenvalue weighted by atomic mass is 10.1. The van der Waals surface area contributed by atoms with E-state index in [1.54, 1.807) is 12.1 Å². The topological polar surface area (TPSA) is 92.7 Å². The minimum Gasteiger partial charge on any atom is -0.484 e. The zero-order valence-electron chi connectivity index (χ0n) is 11.7. The highest BCUT2D eigenvalue weighted by Gasteiger charge is 2.24. The Bertz CT molecular complexity index is 562. The van der Waals surface area contributed by atoms with Gasteiger partial charge < -0.3 is 15.2 Å². The van der Waals surface area contributed by atoms with Crippen molar-refractivity contribution in [2.45, 2.75) is 25.8 Å².